The maximum absolute atomic E-state index is 13.3. The predicted octanol–water partition coefficient (Wildman–Crippen LogP) is 4.09. The number of likely N-dealkylation sites (N-methyl/N-ethyl adjacent to an activating group) is 1. The molecule has 2 aromatic carbocycles. The number of Topliss-reactive ketones (excluding diaryl/α,β-unsaturated/α-hetero) is 1. The average Bonchev–Trinajstić information content (AvgIpc) is 2.81. The SMILES string of the molecule is CCN1CC(=Cc2ccc(OC)cc2OC)C(=O)C(=Cc2ccc(OC)cc2OC)C1. The number of carbonyl (C=O) groups excluding carboxylic acids is 1. The number of hydrogen-bond donors (Lipinski definition) is 0. The Labute approximate surface area is 183 Å². The van der Waals surface area contributed by atoms with Gasteiger partial charge in [0.1, 0.15) is 23.0 Å². The summed E-state index contributed by atoms with van der Waals surface area (Å²) in [5.41, 5.74) is 3.11. The van der Waals surface area contributed by atoms with Crippen LogP contribution in [0.1, 0.15) is 18.1 Å². The Morgan fingerprint density at radius 1 is 0.774 bits per heavy atom. The largest absolute Gasteiger partial charge is 0.497 e. The zero-order chi connectivity index (χ0) is 22.4. The summed E-state index contributed by atoms with van der Waals surface area (Å²) in [6.07, 6.45) is 3.81. The fraction of sp³-hybridized carbons (Fsp3) is 0.320. The molecule has 1 aliphatic heterocycles. The number of likely N-dealkylation sites (tertiary alicyclic amines) is 1. The molecule has 1 heterocycles. The summed E-state index contributed by atoms with van der Waals surface area (Å²) in [6, 6.07) is 11.2. The number of rotatable bonds is 7. The number of carbonyl (C=O) groups is 1. The highest BCUT2D eigenvalue weighted by atomic mass is 16.5. The smallest absolute Gasteiger partial charge is 0.187 e. The molecule has 2 aromatic rings. The van der Waals surface area contributed by atoms with Gasteiger partial charge < -0.3 is 18.9 Å². The van der Waals surface area contributed by atoms with Crippen LogP contribution in [0.15, 0.2) is 47.5 Å². The zero-order valence-electron chi connectivity index (χ0n) is 18.7. The van der Waals surface area contributed by atoms with E-state index >= 15 is 0 Å². The van der Waals surface area contributed by atoms with Crippen LogP contribution in [-0.4, -0.2) is 58.8 Å². The van der Waals surface area contributed by atoms with Crippen molar-refractivity contribution in [2.45, 2.75) is 6.92 Å². The van der Waals surface area contributed by atoms with Gasteiger partial charge in [0.2, 0.25) is 0 Å². The van der Waals surface area contributed by atoms with E-state index < -0.39 is 0 Å². The summed E-state index contributed by atoms with van der Waals surface area (Å²) < 4.78 is 21.5. The quantitative estimate of drug-likeness (QED) is 0.625. The summed E-state index contributed by atoms with van der Waals surface area (Å²) in [6.45, 7) is 4.09. The number of piperidine rings is 1. The first-order chi connectivity index (χ1) is 15.0. The molecule has 0 aliphatic carbocycles. The van der Waals surface area contributed by atoms with Crippen molar-refractivity contribution in [1.29, 1.82) is 0 Å². The van der Waals surface area contributed by atoms with Crippen LogP contribution < -0.4 is 18.9 Å². The number of ether oxygens (including phenoxy) is 4. The molecule has 0 saturated carbocycles. The van der Waals surface area contributed by atoms with E-state index in [0.717, 1.165) is 28.8 Å². The lowest BCUT2D eigenvalue weighted by molar-refractivity contribution is -0.113. The molecule has 1 saturated heterocycles. The lowest BCUT2D eigenvalue weighted by Gasteiger charge is -2.28. The fourth-order valence-electron chi connectivity index (χ4n) is 3.58. The Balaban J connectivity index is 2.01. The molecule has 0 amide bonds. The van der Waals surface area contributed by atoms with Crippen LogP contribution in [0.25, 0.3) is 12.2 Å². The Bertz CT molecular complexity index is 931. The highest BCUT2D eigenvalue weighted by Gasteiger charge is 2.26. The minimum Gasteiger partial charge on any atom is -0.497 e. The van der Waals surface area contributed by atoms with E-state index in [0.29, 0.717) is 36.1 Å². The fourth-order valence-corrected chi connectivity index (χ4v) is 3.58. The number of ketones is 1. The molecular weight excluding hydrogens is 394 g/mol. The summed E-state index contributed by atoms with van der Waals surface area (Å²) in [5, 5.41) is 0. The van der Waals surface area contributed by atoms with Crippen LogP contribution in [0, 0.1) is 0 Å². The van der Waals surface area contributed by atoms with Gasteiger partial charge in [-0.15, -0.1) is 0 Å². The van der Waals surface area contributed by atoms with Gasteiger partial charge in [0.25, 0.3) is 0 Å². The third-order valence-electron chi connectivity index (χ3n) is 5.36. The summed E-state index contributed by atoms with van der Waals surface area (Å²) in [4.78, 5) is 15.6. The van der Waals surface area contributed by atoms with Gasteiger partial charge in [-0.2, -0.15) is 0 Å². The summed E-state index contributed by atoms with van der Waals surface area (Å²) in [7, 11) is 6.45. The van der Waals surface area contributed by atoms with E-state index in [1.54, 1.807) is 28.4 Å². The number of benzene rings is 2. The van der Waals surface area contributed by atoms with Crippen LogP contribution in [0.3, 0.4) is 0 Å². The highest BCUT2D eigenvalue weighted by molar-refractivity contribution is 6.14. The number of nitrogens with zero attached hydrogens (tertiary/aromatic N) is 1. The van der Waals surface area contributed by atoms with Crippen LogP contribution in [0.4, 0.5) is 0 Å². The molecule has 0 spiro atoms. The Morgan fingerprint density at radius 2 is 1.23 bits per heavy atom. The van der Waals surface area contributed by atoms with Gasteiger partial charge in [-0.05, 0) is 43.0 Å². The van der Waals surface area contributed by atoms with Crippen LogP contribution in [0.2, 0.25) is 0 Å². The van der Waals surface area contributed by atoms with Crippen molar-refractivity contribution in [3.63, 3.8) is 0 Å². The van der Waals surface area contributed by atoms with Gasteiger partial charge in [0.15, 0.2) is 5.78 Å². The van der Waals surface area contributed by atoms with E-state index in [2.05, 4.69) is 11.8 Å². The molecule has 31 heavy (non-hydrogen) atoms. The minimum absolute atomic E-state index is 0.0282. The van der Waals surface area contributed by atoms with Crippen LogP contribution in [-0.2, 0) is 4.79 Å². The summed E-state index contributed by atoms with van der Waals surface area (Å²) >= 11 is 0. The van der Waals surface area contributed by atoms with Crippen molar-refractivity contribution < 1.29 is 23.7 Å². The Morgan fingerprint density at radius 3 is 1.58 bits per heavy atom. The van der Waals surface area contributed by atoms with Gasteiger partial charge in [-0.25, -0.2) is 0 Å². The van der Waals surface area contributed by atoms with Gasteiger partial charge in [0.05, 0.1) is 28.4 Å². The second-order valence-electron chi connectivity index (χ2n) is 7.19. The minimum atomic E-state index is 0.0282. The van der Waals surface area contributed by atoms with Crippen molar-refractivity contribution in [1.82, 2.24) is 4.90 Å². The van der Waals surface area contributed by atoms with E-state index in [-0.39, 0.29) is 5.78 Å². The summed E-state index contributed by atoms with van der Waals surface area (Å²) in [5.74, 6) is 2.76. The van der Waals surface area contributed by atoms with Crippen molar-refractivity contribution in [3.8, 4) is 23.0 Å². The van der Waals surface area contributed by atoms with Crippen LogP contribution in [0.5, 0.6) is 23.0 Å². The molecule has 0 N–H and O–H groups in total. The Hall–Kier alpha value is -3.25. The molecule has 1 aliphatic rings. The van der Waals surface area contributed by atoms with Crippen molar-refractivity contribution >= 4 is 17.9 Å². The lowest BCUT2D eigenvalue weighted by atomic mass is 9.94. The van der Waals surface area contributed by atoms with Gasteiger partial charge >= 0.3 is 0 Å². The molecular formula is C25H29NO5. The van der Waals surface area contributed by atoms with E-state index in [1.807, 2.05) is 48.6 Å². The molecule has 0 unspecified atom stereocenters. The molecule has 6 heteroatoms. The third kappa shape index (κ3) is 5.09. The number of hydrogen-bond acceptors (Lipinski definition) is 6. The molecule has 0 atom stereocenters. The molecule has 0 aromatic heterocycles. The second-order valence-corrected chi connectivity index (χ2v) is 7.19. The standard InChI is InChI=1S/C25H29NO5/c1-6-26-15-19(11-17-7-9-21(28-2)13-23(17)30-4)25(27)20(16-26)12-18-8-10-22(29-3)14-24(18)31-5/h7-14H,6,15-16H2,1-5H3. The highest BCUT2D eigenvalue weighted by Crippen LogP contribution is 2.31. The third-order valence-corrected chi connectivity index (χ3v) is 5.36. The number of methoxy groups -OCH3 is 4. The zero-order valence-corrected chi connectivity index (χ0v) is 18.7. The first kappa shape index (κ1) is 22.4. The first-order valence-corrected chi connectivity index (χ1v) is 10.1. The first-order valence-electron chi connectivity index (χ1n) is 10.1. The maximum atomic E-state index is 13.3. The lowest BCUT2D eigenvalue weighted by Crippen LogP contribution is -2.37. The van der Waals surface area contributed by atoms with Gasteiger partial charge in [0, 0.05) is 47.5 Å². The molecule has 1 fully saturated rings. The van der Waals surface area contributed by atoms with Gasteiger partial charge in [-0.1, -0.05) is 6.92 Å². The topological polar surface area (TPSA) is 57.2 Å². The Kier molecular flexibility index (Phi) is 7.36. The molecule has 0 bridgehead atoms. The van der Waals surface area contributed by atoms with Crippen molar-refractivity contribution in [2.75, 3.05) is 48.1 Å². The van der Waals surface area contributed by atoms with Crippen molar-refractivity contribution in [3.05, 3.63) is 58.7 Å². The monoisotopic (exact) mass is 423 g/mol. The molecule has 164 valence electrons. The average molecular weight is 424 g/mol. The van der Waals surface area contributed by atoms with Crippen molar-refractivity contribution in [2.24, 2.45) is 0 Å². The van der Waals surface area contributed by atoms with E-state index in [1.165, 1.54) is 0 Å². The molecule has 3 rings (SSSR count). The van der Waals surface area contributed by atoms with Gasteiger partial charge in [-0.3, -0.25) is 9.69 Å². The maximum Gasteiger partial charge on any atom is 0.187 e. The van der Waals surface area contributed by atoms with Crippen LogP contribution >= 0.6 is 0 Å². The molecule has 6 nitrogen and oxygen atoms in total. The molecule has 0 radical (unpaired) electrons. The predicted molar refractivity (Wildman–Crippen MR) is 122 cm³/mol. The van der Waals surface area contributed by atoms with E-state index in [4.69, 9.17) is 18.9 Å². The second kappa shape index (κ2) is 10.2. The normalized spacial score (nSPS) is 17.1. The van der Waals surface area contributed by atoms with E-state index in [9.17, 15) is 4.79 Å².